The maximum Gasteiger partial charge on any atom is 0.416 e. The van der Waals surface area contributed by atoms with Crippen LogP contribution < -0.4 is 5.32 Å². The Morgan fingerprint density at radius 1 is 1.21 bits per heavy atom. The molecular weight excluding hydrogens is 321 g/mol. The highest BCUT2D eigenvalue weighted by Crippen LogP contribution is 2.32. The van der Waals surface area contributed by atoms with Crippen LogP contribution in [0.25, 0.3) is 17.0 Å². The number of rotatable bonds is 3. The molecule has 0 aliphatic carbocycles. The molecule has 0 atom stereocenters. The van der Waals surface area contributed by atoms with Crippen molar-refractivity contribution in [1.82, 2.24) is 4.98 Å². The van der Waals surface area contributed by atoms with Crippen LogP contribution in [0.5, 0.6) is 0 Å². The van der Waals surface area contributed by atoms with Crippen LogP contribution in [0, 0.1) is 0 Å². The van der Waals surface area contributed by atoms with E-state index in [1.807, 2.05) is 0 Å². The summed E-state index contributed by atoms with van der Waals surface area (Å²) in [7, 11) is 0. The van der Waals surface area contributed by atoms with E-state index in [1.165, 1.54) is 36.7 Å². The minimum Gasteiger partial charge on any atom is -0.465 e. The molecule has 1 N–H and O–H groups in total. The van der Waals surface area contributed by atoms with Crippen LogP contribution in [0.1, 0.15) is 11.3 Å². The molecule has 24 heavy (non-hydrogen) atoms. The van der Waals surface area contributed by atoms with Gasteiger partial charge in [0.15, 0.2) is 0 Å². The smallest absolute Gasteiger partial charge is 0.416 e. The highest BCUT2D eigenvalue weighted by atomic mass is 19.4. The summed E-state index contributed by atoms with van der Waals surface area (Å²) < 4.78 is 43.3. The molecule has 0 spiro atoms. The third-order valence-electron chi connectivity index (χ3n) is 3.27. The van der Waals surface area contributed by atoms with Crippen molar-refractivity contribution in [2.45, 2.75) is 6.18 Å². The lowest BCUT2D eigenvalue weighted by atomic mass is 10.1. The van der Waals surface area contributed by atoms with Gasteiger partial charge in [0.1, 0.15) is 5.76 Å². The Hall–Kier alpha value is -3.09. The quantitative estimate of drug-likeness (QED) is 0.719. The second kappa shape index (κ2) is 6.19. The third-order valence-corrected chi connectivity index (χ3v) is 3.27. The van der Waals surface area contributed by atoms with Gasteiger partial charge in [-0.2, -0.15) is 13.2 Å². The normalized spacial score (nSPS) is 12.0. The minimum atomic E-state index is -4.44. The van der Waals surface area contributed by atoms with E-state index in [9.17, 15) is 18.0 Å². The first-order chi connectivity index (χ1) is 11.4. The molecule has 2 aromatic heterocycles. The van der Waals surface area contributed by atoms with Gasteiger partial charge in [-0.3, -0.25) is 9.78 Å². The Labute approximate surface area is 134 Å². The predicted octanol–water partition coefficient (Wildman–Crippen LogP) is 4.50. The van der Waals surface area contributed by atoms with Crippen molar-refractivity contribution in [3.05, 3.63) is 66.3 Å². The number of carbonyl (C=O) groups is 1. The van der Waals surface area contributed by atoms with E-state index in [0.29, 0.717) is 16.8 Å². The van der Waals surface area contributed by atoms with Gasteiger partial charge >= 0.3 is 6.18 Å². The van der Waals surface area contributed by atoms with Crippen LogP contribution in [-0.4, -0.2) is 10.9 Å². The van der Waals surface area contributed by atoms with Gasteiger partial charge in [-0.05, 0) is 36.4 Å². The largest absolute Gasteiger partial charge is 0.465 e. The molecule has 3 rings (SSSR count). The number of furan rings is 1. The number of hydrogen-bond donors (Lipinski definition) is 1. The van der Waals surface area contributed by atoms with Gasteiger partial charge in [0, 0.05) is 17.7 Å². The van der Waals surface area contributed by atoms with Crippen LogP contribution in [0.3, 0.4) is 0 Å². The fourth-order valence-corrected chi connectivity index (χ4v) is 2.15. The van der Waals surface area contributed by atoms with E-state index in [-0.39, 0.29) is 5.52 Å². The topological polar surface area (TPSA) is 55.1 Å². The van der Waals surface area contributed by atoms with Crippen LogP contribution in [-0.2, 0) is 11.0 Å². The van der Waals surface area contributed by atoms with Gasteiger partial charge in [0.05, 0.1) is 23.0 Å². The van der Waals surface area contributed by atoms with Gasteiger partial charge in [-0.15, -0.1) is 0 Å². The van der Waals surface area contributed by atoms with E-state index in [2.05, 4.69) is 10.3 Å². The molecule has 0 aliphatic heterocycles. The summed E-state index contributed by atoms with van der Waals surface area (Å²) in [6.07, 6.45) is 1.14. The summed E-state index contributed by atoms with van der Waals surface area (Å²) in [6, 6.07) is 8.09. The molecule has 0 unspecified atom stereocenters. The number of benzene rings is 1. The van der Waals surface area contributed by atoms with E-state index < -0.39 is 17.6 Å². The van der Waals surface area contributed by atoms with Crippen LogP contribution in [0.15, 0.2) is 59.4 Å². The van der Waals surface area contributed by atoms with Gasteiger partial charge in [-0.1, -0.05) is 6.07 Å². The Balaban J connectivity index is 1.85. The van der Waals surface area contributed by atoms with Crippen molar-refractivity contribution in [3.63, 3.8) is 0 Å². The number of fused-ring (bicyclic) bond motifs is 1. The van der Waals surface area contributed by atoms with Gasteiger partial charge < -0.3 is 9.73 Å². The molecule has 7 heteroatoms. The standard InChI is InChI=1S/C17H11F3N2O2/c18-17(19,20)11-3-5-13-14(7-8-21-15(13)10-11)22-16(23)6-4-12-2-1-9-24-12/h1-10H,(H,21,22,23)/b6-4+. The van der Waals surface area contributed by atoms with Gasteiger partial charge in [0.2, 0.25) is 5.91 Å². The molecular formula is C17H11F3N2O2. The van der Waals surface area contributed by atoms with Crippen molar-refractivity contribution in [1.29, 1.82) is 0 Å². The lowest BCUT2D eigenvalue weighted by Crippen LogP contribution is -2.09. The molecule has 3 aromatic rings. The highest BCUT2D eigenvalue weighted by molar-refractivity contribution is 6.06. The van der Waals surface area contributed by atoms with Gasteiger partial charge in [-0.25, -0.2) is 0 Å². The highest BCUT2D eigenvalue weighted by Gasteiger charge is 2.30. The van der Waals surface area contributed by atoms with Gasteiger partial charge in [0.25, 0.3) is 0 Å². The predicted molar refractivity (Wildman–Crippen MR) is 83.1 cm³/mol. The summed E-state index contributed by atoms with van der Waals surface area (Å²) in [6.45, 7) is 0. The van der Waals surface area contributed by atoms with Crippen molar-refractivity contribution < 1.29 is 22.4 Å². The Morgan fingerprint density at radius 2 is 2.04 bits per heavy atom. The lowest BCUT2D eigenvalue weighted by molar-refractivity contribution is -0.137. The summed E-state index contributed by atoms with van der Waals surface area (Å²) in [5.74, 6) is 0.0818. The number of nitrogens with one attached hydrogen (secondary N) is 1. The first kappa shape index (κ1) is 15.8. The molecule has 0 saturated heterocycles. The maximum absolute atomic E-state index is 12.7. The number of aromatic nitrogens is 1. The Morgan fingerprint density at radius 3 is 2.75 bits per heavy atom. The zero-order valence-electron chi connectivity index (χ0n) is 12.2. The second-order valence-corrected chi connectivity index (χ2v) is 4.93. The summed E-state index contributed by atoms with van der Waals surface area (Å²) >= 11 is 0. The molecule has 122 valence electrons. The van der Waals surface area contributed by atoms with Crippen LogP contribution in [0.2, 0.25) is 0 Å². The van der Waals surface area contributed by atoms with Crippen molar-refractivity contribution in [2.24, 2.45) is 0 Å². The Bertz CT molecular complexity index is 900. The zero-order valence-corrected chi connectivity index (χ0v) is 12.2. The van der Waals surface area contributed by atoms with E-state index in [0.717, 1.165) is 12.1 Å². The van der Waals surface area contributed by atoms with Crippen molar-refractivity contribution in [3.8, 4) is 0 Å². The summed E-state index contributed by atoms with van der Waals surface area (Å²) in [4.78, 5) is 15.9. The SMILES string of the molecule is O=C(/C=C/c1ccco1)Nc1ccnc2cc(C(F)(F)F)ccc12. The summed E-state index contributed by atoms with van der Waals surface area (Å²) in [5, 5.41) is 3.04. The number of hydrogen-bond acceptors (Lipinski definition) is 3. The molecule has 2 heterocycles. The maximum atomic E-state index is 12.7. The average molecular weight is 332 g/mol. The number of alkyl halides is 3. The van der Waals surface area contributed by atoms with Crippen LogP contribution >= 0.6 is 0 Å². The molecule has 0 fully saturated rings. The molecule has 0 saturated carbocycles. The van der Waals surface area contributed by atoms with Crippen LogP contribution in [0.4, 0.5) is 18.9 Å². The number of halogens is 3. The first-order valence-electron chi connectivity index (χ1n) is 6.92. The van der Waals surface area contributed by atoms with E-state index in [1.54, 1.807) is 12.1 Å². The number of amides is 1. The molecule has 1 aromatic carbocycles. The molecule has 4 nitrogen and oxygen atoms in total. The third kappa shape index (κ3) is 3.45. The lowest BCUT2D eigenvalue weighted by Gasteiger charge is -2.10. The molecule has 1 amide bonds. The fraction of sp³-hybridized carbons (Fsp3) is 0.0588. The van der Waals surface area contributed by atoms with Crippen molar-refractivity contribution in [2.75, 3.05) is 5.32 Å². The fourth-order valence-electron chi connectivity index (χ4n) is 2.15. The summed E-state index contributed by atoms with van der Waals surface area (Å²) in [5.41, 5.74) is -0.260. The molecule has 0 radical (unpaired) electrons. The Kier molecular flexibility index (Phi) is 4.07. The number of anilines is 1. The number of pyridine rings is 1. The monoisotopic (exact) mass is 332 g/mol. The van der Waals surface area contributed by atoms with E-state index in [4.69, 9.17) is 4.42 Å². The number of nitrogens with zero attached hydrogens (tertiary/aromatic N) is 1. The minimum absolute atomic E-state index is 0.151. The molecule has 0 aliphatic rings. The first-order valence-corrected chi connectivity index (χ1v) is 6.92. The number of carbonyl (C=O) groups excluding carboxylic acids is 1. The average Bonchev–Trinajstić information content (AvgIpc) is 3.05. The van der Waals surface area contributed by atoms with Crippen molar-refractivity contribution >= 4 is 28.6 Å². The second-order valence-electron chi connectivity index (χ2n) is 4.93. The zero-order chi connectivity index (χ0) is 17.2. The molecule has 0 bridgehead atoms. The van der Waals surface area contributed by atoms with E-state index >= 15 is 0 Å².